The first-order valence-corrected chi connectivity index (χ1v) is 1.74. The van der Waals surface area contributed by atoms with Crippen molar-refractivity contribution in [2.45, 2.75) is 6.92 Å². The first-order chi connectivity index (χ1) is 3.73. The zero-order valence-electron chi connectivity index (χ0n) is 5.23. The van der Waals surface area contributed by atoms with E-state index in [1.54, 1.807) is 0 Å². The zero-order chi connectivity index (χ0) is 7.58. The molecule has 0 saturated heterocycles. The van der Waals surface area contributed by atoms with Gasteiger partial charge in [-0.25, -0.2) is 0 Å². The third-order valence-electron chi connectivity index (χ3n) is 0. The fourth-order valence-electron chi connectivity index (χ4n) is 0. The Labute approximate surface area is 66.7 Å². The van der Waals surface area contributed by atoms with E-state index in [-0.39, 0.29) is 17.1 Å². The Morgan fingerprint density at radius 2 is 1.33 bits per heavy atom. The molecule has 0 aromatic carbocycles. The molecule has 0 aliphatic heterocycles. The number of hydrogen-bond donors (Lipinski definition) is 1. The van der Waals surface area contributed by atoms with Crippen molar-refractivity contribution in [1.82, 2.24) is 0 Å². The molecular formula is C6H10CuO2. The van der Waals surface area contributed by atoms with Crippen LogP contribution in [0.2, 0.25) is 0 Å². The quantitative estimate of drug-likeness (QED) is 0.448. The Kier molecular flexibility index (Phi) is 135. The molecule has 9 heavy (non-hydrogen) atoms. The third-order valence-corrected chi connectivity index (χ3v) is 0. The Morgan fingerprint density at radius 3 is 1.33 bits per heavy atom. The van der Waals surface area contributed by atoms with Gasteiger partial charge in [0.15, 0.2) is 0 Å². The molecule has 2 nitrogen and oxygen atoms in total. The van der Waals surface area contributed by atoms with E-state index in [4.69, 9.17) is 9.90 Å². The predicted molar refractivity (Wildman–Crippen MR) is 33.2 cm³/mol. The fourth-order valence-corrected chi connectivity index (χ4v) is 0. The van der Waals surface area contributed by atoms with Crippen LogP contribution in [0.15, 0.2) is 13.2 Å². The Hall–Kier alpha value is -0.531. The summed E-state index contributed by atoms with van der Waals surface area (Å²) in [5.74, 6) is -0.833. The molecule has 0 saturated carbocycles. The molecule has 0 aromatic heterocycles. The maximum Gasteiger partial charge on any atom is 2.00 e. The largest absolute Gasteiger partial charge is 2.00 e. The summed E-state index contributed by atoms with van der Waals surface area (Å²) in [6, 6.07) is 0. The molecule has 0 bridgehead atoms. The summed E-state index contributed by atoms with van der Waals surface area (Å²) in [4.78, 5) is 9.00. The van der Waals surface area contributed by atoms with Gasteiger partial charge in [0.1, 0.15) is 0 Å². The van der Waals surface area contributed by atoms with Crippen molar-refractivity contribution in [3.8, 4) is 0 Å². The summed E-state index contributed by atoms with van der Waals surface area (Å²) >= 11 is 0. The summed E-state index contributed by atoms with van der Waals surface area (Å²) in [6.07, 6.45) is 0. The number of rotatable bonds is 0. The summed E-state index contributed by atoms with van der Waals surface area (Å²) in [5, 5.41) is 7.42. The average molecular weight is 178 g/mol. The molecule has 0 unspecified atom stereocenters. The van der Waals surface area contributed by atoms with E-state index in [1.807, 2.05) is 0 Å². The van der Waals surface area contributed by atoms with E-state index in [0.717, 1.165) is 6.92 Å². The van der Waals surface area contributed by atoms with Crippen LogP contribution < -0.4 is 0 Å². The van der Waals surface area contributed by atoms with Crippen molar-refractivity contribution < 1.29 is 27.0 Å². The van der Waals surface area contributed by atoms with Gasteiger partial charge < -0.3 is 18.3 Å². The fraction of sp³-hybridized carbons (Fsp3) is 0.167. The number of hydrogen-bond acceptors (Lipinski definition) is 1. The van der Waals surface area contributed by atoms with E-state index in [9.17, 15) is 0 Å². The standard InChI is InChI=1S/C2H4O2.2C2H3.Cu/c1-2(3)4;2*1-2;/h1H3,(H,3,4);2*1H,2H2;/q;2*-1;+2. The SMILES string of the molecule is CC(=O)O.[CH-]=C.[CH-]=C.[Cu+2]. The second-order valence-electron chi connectivity index (χ2n) is 0.519. The second-order valence-corrected chi connectivity index (χ2v) is 0.519. The molecule has 57 valence electrons. The van der Waals surface area contributed by atoms with E-state index < -0.39 is 5.97 Å². The maximum atomic E-state index is 9.00. The number of carboxylic acid groups (broad SMARTS) is 1. The molecule has 0 atom stereocenters. The van der Waals surface area contributed by atoms with Gasteiger partial charge in [-0.2, -0.15) is 0 Å². The van der Waals surface area contributed by atoms with Crippen LogP contribution in [-0.4, -0.2) is 11.1 Å². The smallest absolute Gasteiger partial charge is 0.521 e. The Bertz CT molecular complexity index is 49.0. The second kappa shape index (κ2) is 51.3. The molecule has 0 aliphatic rings. The van der Waals surface area contributed by atoms with Gasteiger partial charge in [0.25, 0.3) is 5.97 Å². The van der Waals surface area contributed by atoms with Crippen molar-refractivity contribution >= 4 is 5.97 Å². The van der Waals surface area contributed by atoms with Crippen molar-refractivity contribution in [3.63, 3.8) is 0 Å². The first kappa shape index (κ1) is 23.7. The van der Waals surface area contributed by atoms with Crippen molar-refractivity contribution in [1.29, 1.82) is 0 Å². The van der Waals surface area contributed by atoms with Crippen LogP contribution in [0.3, 0.4) is 0 Å². The summed E-state index contributed by atoms with van der Waals surface area (Å²) in [7, 11) is 0. The molecule has 0 aliphatic carbocycles. The minimum atomic E-state index is -0.833. The molecule has 1 radical (unpaired) electrons. The van der Waals surface area contributed by atoms with E-state index >= 15 is 0 Å². The van der Waals surface area contributed by atoms with Crippen LogP contribution in [0, 0.1) is 13.2 Å². The Morgan fingerprint density at radius 1 is 1.33 bits per heavy atom. The van der Waals surface area contributed by atoms with Crippen LogP contribution in [0.25, 0.3) is 0 Å². The zero-order valence-corrected chi connectivity index (χ0v) is 6.17. The van der Waals surface area contributed by atoms with E-state index in [0.29, 0.717) is 0 Å². The van der Waals surface area contributed by atoms with Crippen LogP contribution >= 0.6 is 0 Å². The van der Waals surface area contributed by atoms with Gasteiger partial charge in [-0.15, -0.1) is 0 Å². The molecule has 0 aromatic rings. The van der Waals surface area contributed by atoms with Crippen molar-refractivity contribution in [2.75, 3.05) is 0 Å². The summed E-state index contributed by atoms with van der Waals surface area (Å²) < 4.78 is 0. The maximum absolute atomic E-state index is 9.00. The predicted octanol–water partition coefficient (Wildman–Crippen LogP) is 1.30. The van der Waals surface area contributed by atoms with Gasteiger partial charge in [-0.3, -0.25) is 18.0 Å². The van der Waals surface area contributed by atoms with Crippen LogP contribution in [0.1, 0.15) is 6.92 Å². The molecular weight excluding hydrogens is 168 g/mol. The summed E-state index contributed by atoms with van der Waals surface area (Å²) in [5.41, 5.74) is 0. The molecule has 0 amide bonds. The molecule has 0 heterocycles. The van der Waals surface area contributed by atoms with Gasteiger partial charge in [0.05, 0.1) is 0 Å². The number of carboxylic acids is 1. The first-order valence-electron chi connectivity index (χ1n) is 1.74. The minimum absolute atomic E-state index is 0. The van der Waals surface area contributed by atoms with Gasteiger partial charge >= 0.3 is 17.1 Å². The van der Waals surface area contributed by atoms with Gasteiger partial charge in [-0.05, 0) is 0 Å². The minimum Gasteiger partial charge on any atom is -0.521 e. The monoisotopic (exact) mass is 177 g/mol. The van der Waals surface area contributed by atoms with Crippen LogP contribution in [0.4, 0.5) is 0 Å². The van der Waals surface area contributed by atoms with E-state index in [2.05, 4.69) is 26.3 Å². The Balaban J connectivity index is -0.0000000221. The van der Waals surface area contributed by atoms with Crippen molar-refractivity contribution in [3.05, 3.63) is 26.3 Å². The van der Waals surface area contributed by atoms with Gasteiger partial charge in [-0.1, -0.05) is 0 Å². The van der Waals surface area contributed by atoms with Gasteiger partial charge in [0, 0.05) is 6.92 Å². The topological polar surface area (TPSA) is 37.3 Å². The molecule has 0 spiro atoms. The number of carbonyl (C=O) groups is 1. The van der Waals surface area contributed by atoms with Crippen molar-refractivity contribution in [2.24, 2.45) is 0 Å². The van der Waals surface area contributed by atoms with Gasteiger partial charge in [0.2, 0.25) is 0 Å². The number of aliphatic carboxylic acids is 1. The molecule has 3 heteroatoms. The van der Waals surface area contributed by atoms with Crippen LogP contribution in [0.5, 0.6) is 0 Å². The summed E-state index contributed by atoms with van der Waals surface area (Å²) in [6.45, 7) is 15.1. The average Bonchev–Trinajstić information content (AvgIpc) is 1.75. The van der Waals surface area contributed by atoms with E-state index in [1.165, 1.54) is 0 Å². The molecule has 1 N–H and O–H groups in total. The van der Waals surface area contributed by atoms with Crippen LogP contribution in [-0.2, 0) is 21.9 Å². The molecule has 0 fully saturated rings. The normalized spacial score (nSPS) is 3.67. The third kappa shape index (κ3) is 794. The molecule has 0 rings (SSSR count).